The van der Waals surface area contributed by atoms with E-state index in [9.17, 15) is 30.7 Å². The summed E-state index contributed by atoms with van der Waals surface area (Å²) in [6, 6.07) is 41.3. The molecule has 10 atom stereocenters. The first-order valence-electron chi connectivity index (χ1n) is 31.9. The van der Waals surface area contributed by atoms with Crippen molar-refractivity contribution in [1.29, 1.82) is 0 Å². The Bertz CT molecular complexity index is 3290. The summed E-state index contributed by atoms with van der Waals surface area (Å²) in [6.45, 7) is 1.90. The zero-order valence-electron chi connectivity index (χ0n) is 54.1. The quantitative estimate of drug-likeness (QED) is 0.0249. The molecular formula is C68H89NO24S2. The SMILES string of the molecule is CCCCCCCCO[C@H]1O[C@H](COC2(COS(=O)(=O)O)COC(c3ccc(OC)cc3)OC2)[C@@H](OCC2(COS(=O)(=O)O)COC(c3ccc(OC)cc3)OC2)[C@H](O[C@@H]2O[C@@H](C)[C@@H](OCc3ccccc3)[C@@H](OCc3ccccc3)[C@@H]2OCc2ccccc2)[C@H]1NC(C)=O. The molecule has 0 aliphatic carbocycles. The van der Waals surface area contributed by atoms with Crippen molar-refractivity contribution in [1.82, 2.24) is 5.32 Å². The summed E-state index contributed by atoms with van der Waals surface area (Å²) in [7, 11) is -7.13. The molecule has 3 N–H and O–H groups in total. The van der Waals surface area contributed by atoms with Gasteiger partial charge in [-0.3, -0.25) is 13.9 Å². The Labute approximate surface area is 556 Å². The van der Waals surface area contributed by atoms with Gasteiger partial charge in [-0.15, -0.1) is 0 Å². The largest absolute Gasteiger partial charge is 0.497 e. The van der Waals surface area contributed by atoms with Crippen molar-refractivity contribution in [3.8, 4) is 11.5 Å². The van der Waals surface area contributed by atoms with E-state index in [1.807, 2.05) is 97.9 Å². The van der Waals surface area contributed by atoms with Crippen molar-refractivity contribution in [2.45, 2.75) is 159 Å². The molecule has 1 amide bonds. The van der Waals surface area contributed by atoms with E-state index in [-0.39, 0.29) is 52.9 Å². The number of carbonyl (C=O) groups is 1. The molecule has 27 heteroatoms. The third-order valence-corrected chi connectivity index (χ3v) is 17.5. The van der Waals surface area contributed by atoms with Gasteiger partial charge in [0.15, 0.2) is 25.2 Å². The Morgan fingerprint density at radius 1 is 0.537 bits per heavy atom. The molecule has 0 saturated carbocycles. The lowest BCUT2D eigenvalue weighted by molar-refractivity contribution is -0.362. The number of hydrogen-bond acceptors (Lipinski definition) is 22. The minimum Gasteiger partial charge on any atom is -0.497 e. The van der Waals surface area contributed by atoms with E-state index in [0.717, 1.165) is 48.8 Å². The van der Waals surface area contributed by atoms with Crippen molar-refractivity contribution >= 4 is 26.7 Å². The van der Waals surface area contributed by atoms with Gasteiger partial charge in [0.25, 0.3) is 0 Å². The first kappa shape index (κ1) is 73.6. The molecule has 4 aliphatic heterocycles. The average Bonchev–Trinajstić information content (AvgIpc) is 0.790. The van der Waals surface area contributed by atoms with Gasteiger partial charge in [0.1, 0.15) is 66.4 Å². The summed E-state index contributed by atoms with van der Waals surface area (Å²) < 4.78 is 179. The lowest BCUT2D eigenvalue weighted by atomic mass is 9.90. The molecule has 25 nitrogen and oxygen atoms in total. The minimum atomic E-state index is -5.10. The highest BCUT2D eigenvalue weighted by molar-refractivity contribution is 7.81. The molecule has 4 aliphatic rings. The normalized spacial score (nSPS) is 28.2. The highest BCUT2D eigenvalue weighted by Gasteiger charge is 2.56. The number of hydrogen-bond donors (Lipinski definition) is 3. The second kappa shape index (κ2) is 35.8. The molecule has 5 aromatic carbocycles. The van der Waals surface area contributed by atoms with Gasteiger partial charge < -0.3 is 76.4 Å². The lowest BCUT2D eigenvalue weighted by Gasteiger charge is -2.51. The number of amides is 1. The fourth-order valence-corrected chi connectivity index (χ4v) is 12.3. The third kappa shape index (κ3) is 22.2. The van der Waals surface area contributed by atoms with Crippen LogP contribution in [0, 0.1) is 5.41 Å². The third-order valence-electron chi connectivity index (χ3n) is 16.6. The Hall–Kier alpha value is -5.61. The Kier molecular flexibility index (Phi) is 27.7. The number of unbranched alkanes of at least 4 members (excludes halogenated alkanes) is 5. The van der Waals surface area contributed by atoms with Gasteiger partial charge in [-0.1, -0.05) is 154 Å². The van der Waals surface area contributed by atoms with E-state index in [1.54, 1.807) is 48.5 Å². The molecule has 4 heterocycles. The van der Waals surface area contributed by atoms with Crippen LogP contribution in [0.2, 0.25) is 0 Å². The maximum Gasteiger partial charge on any atom is 0.397 e. The molecule has 0 radical (unpaired) electrons. The van der Waals surface area contributed by atoms with Crippen LogP contribution in [0.25, 0.3) is 0 Å². The van der Waals surface area contributed by atoms with Crippen LogP contribution in [0.5, 0.6) is 11.5 Å². The van der Waals surface area contributed by atoms with Crippen molar-refractivity contribution in [3.63, 3.8) is 0 Å². The molecule has 4 fully saturated rings. The maximum absolute atomic E-state index is 13.9. The van der Waals surface area contributed by atoms with E-state index < -0.39 is 138 Å². The minimum absolute atomic E-state index is 0.0357. The standard InChI is InChI=1S/C68H89NO24S2/c1-6-7-8-9-10-20-35-79-65-57(69-48(3)70)60(93-66-62(82-38-51-25-18-13-19-26-51)61(81-37-50-23-16-12-17-24-50)58(47(2)91-66)80-36-49-21-14-11-15-22-49)59(83-40-67(43-89-94(71,72)73)41-84-63(85-42-67)52-27-31-54(77-4)32-28-52)56(92-65)39-88-68(46-90-95(74,75)76)44-86-64(87-45-68)53-29-33-55(78-5)34-30-53/h11-19,21-34,47,56-66H,6-10,20,35-46H2,1-5H3,(H,69,70)(H,71,72,73)(H,74,75,76)/t47-,56+,57+,58+,59+,60+,61+,62-,63?,64?,65-,66-,67?,68?/m0/s1. The van der Waals surface area contributed by atoms with Crippen LogP contribution in [0.4, 0.5) is 0 Å². The first-order valence-corrected chi connectivity index (χ1v) is 34.6. The van der Waals surface area contributed by atoms with Gasteiger partial charge in [-0.2, -0.15) is 16.8 Å². The predicted octanol–water partition coefficient (Wildman–Crippen LogP) is 8.75. The van der Waals surface area contributed by atoms with E-state index in [0.29, 0.717) is 29.0 Å². The van der Waals surface area contributed by atoms with Crippen LogP contribution in [0.3, 0.4) is 0 Å². The zero-order chi connectivity index (χ0) is 67.3. The fraction of sp³-hybridized carbons (Fsp3) is 0.544. The number of methoxy groups -OCH3 is 2. The summed E-state index contributed by atoms with van der Waals surface area (Å²) >= 11 is 0. The lowest BCUT2D eigenvalue weighted by Crippen LogP contribution is -2.69. The van der Waals surface area contributed by atoms with Crippen molar-refractivity contribution in [2.75, 3.05) is 73.7 Å². The summed E-state index contributed by atoms with van der Waals surface area (Å²) in [5.74, 6) is 0.637. The number of nitrogens with one attached hydrogen (secondary N) is 1. The van der Waals surface area contributed by atoms with Gasteiger partial charge in [-0.05, 0) is 54.3 Å². The fourth-order valence-electron chi connectivity index (χ4n) is 11.5. The van der Waals surface area contributed by atoms with Gasteiger partial charge in [0, 0.05) is 24.7 Å². The summed E-state index contributed by atoms with van der Waals surface area (Å²) in [5.41, 5.74) is 0.419. The smallest absolute Gasteiger partial charge is 0.397 e. The van der Waals surface area contributed by atoms with Crippen LogP contribution >= 0.6 is 0 Å². The molecule has 0 bridgehead atoms. The second-order valence-electron chi connectivity index (χ2n) is 24.1. The van der Waals surface area contributed by atoms with Crippen molar-refractivity contribution in [2.24, 2.45) is 5.41 Å². The number of ether oxygens (including phenoxy) is 15. The van der Waals surface area contributed by atoms with E-state index in [2.05, 4.69) is 12.2 Å². The van der Waals surface area contributed by atoms with E-state index >= 15 is 0 Å². The van der Waals surface area contributed by atoms with Crippen LogP contribution < -0.4 is 14.8 Å². The van der Waals surface area contributed by atoms with Crippen LogP contribution in [-0.2, 0) is 115 Å². The first-order chi connectivity index (χ1) is 45.8. The van der Waals surface area contributed by atoms with Gasteiger partial charge >= 0.3 is 20.8 Å². The second-order valence-corrected chi connectivity index (χ2v) is 26.3. The monoisotopic (exact) mass is 1370 g/mol. The molecule has 0 aromatic heterocycles. The maximum atomic E-state index is 13.9. The Balaban J connectivity index is 1.13. The number of rotatable bonds is 36. The molecule has 0 spiro atoms. The zero-order valence-corrected chi connectivity index (χ0v) is 55.8. The van der Waals surface area contributed by atoms with Crippen LogP contribution in [0.1, 0.15) is 99.7 Å². The molecule has 5 aromatic rings. The van der Waals surface area contributed by atoms with Crippen molar-refractivity contribution < 1.29 is 110 Å². The molecule has 0 unspecified atom stereocenters. The van der Waals surface area contributed by atoms with Gasteiger partial charge in [0.2, 0.25) is 5.91 Å². The molecular weight excluding hydrogens is 1280 g/mol. The van der Waals surface area contributed by atoms with Gasteiger partial charge in [0.05, 0.1) is 91.8 Å². The van der Waals surface area contributed by atoms with Crippen LogP contribution in [0.15, 0.2) is 140 Å². The number of carbonyl (C=O) groups excluding carboxylic acids is 1. The summed E-state index contributed by atoms with van der Waals surface area (Å²) in [4.78, 5) is 13.9. The molecule has 522 valence electrons. The van der Waals surface area contributed by atoms with Gasteiger partial charge in [-0.25, -0.2) is 8.37 Å². The summed E-state index contributed by atoms with van der Waals surface area (Å²) in [6.07, 6.45) is -7.07. The Morgan fingerprint density at radius 2 is 1.02 bits per heavy atom. The van der Waals surface area contributed by atoms with E-state index in [1.165, 1.54) is 21.1 Å². The Morgan fingerprint density at radius 3 is 1.53 bits per heavy atom. The highest BCUT2D eigenvalue weighted by atomic mass is 32.3. The highest BCUT2D eigenvalue weighted by Crippen LogP contribution is 2.40. The van der Waals surface area contributed by atoms with Crippen molar-refractivity contribution in [3.05, 3.63) is 167 Å². The van der Waals surface area contributed by atoms with Crippen LogP contribution in [-0.4, -0.2) is 172 Å². The molecule has 4 saturated heterocycles. The van der Waals surface area contributed by atoms with E-state index in [4.69, 9.17) is 79.4 Å². The topological polar surface area (TPSA) is 295 Å². The average molecular weight is 1370 g/mol. The summed E-state index contributed by atoms with van der Waals surface area (Å²) in [5, 5.41) is 3.04. The predicted molar refractivity (Wildman–Crippen MR) is 341 cm³/mol. The molecule has 9 rings (SSSR count). The molecule has 95 heavy (non-hydrogen) atoms. The number of benzene rings is 5.